The van der Waals surface area contributed by atoms with Gasteiger partial charge in [0, 0.05) is 31.7 Å². The van der Waals surface area contributed by atoms with Gasteiger partial charge >= 0.3 is 0 Å². The minimum absolute atomic E-state index is 0.0353. The number of anilines is 1. The van der Waals surface area contributed by atoms with E-state index >= 15 is 0 Å². The van der Waals surface area contributed by atoms with Crippen LogP contribution in [-0.2, 0) is 4.79 Å². The van der Waals surface area contributed by atoms with Gasteiger partial charge in [0.1, 0.15) is 5.82 Å². The summed E-state index contributed by atoms with van der Waals surface area (Å²) in [5, 5.41) is 2.67. The SMILES string of the molecule is Cc1cc(N)cc(C(=O)N2CCNC(=O)CC2)c1F. The Balaban J connectivity index is 2.26. The van der Waals surface area contributed by atoms with E-state index in [4.69, 9.17) is 5.73 Å². The molecule has 0 atom stereocenters. The van der Waals surface area contributed by atoms with Crippen LogP contribution in [0.2, 0.25) is 0 Å². The van der Waals surface area contributed by atoms with E-state index in [1.807, 2.05) is 0 Å². The summed E-state index contributed by atoms with van der Waals surface area (Å²) in [5.74, 6) is -1.08. The first-order valence-corrected chi connectivity index (χ1v) is 6.10. The molecular formula is C13H16FN3O2. The lowest BCUT2D eigenvalue weighted by molar-refractivity contribution is -0.120. The number of amides is 2. The quantitative estimate of drug-likeness (QED) is 0.733. The fraction of sp³-hybridized carbons (Fsp3) is 0.385. The van der Waals surface area contributed by atoms with Crippen LogP contribution < -0.4 is 11.1 Å². The maximum Gasteiger partial charge on any atom is 0.256 e. The van der Waals surface area contributed by atoms with Crippen LogP contribution in [0.4, 0.5) is 10.1 Å². The molecular weight excluding hydrogens is 249 g/mol. The van der Waals surface area contributed by atoms with Gasteiger partial charge in [-0.1, -0.05) is 0 Å². The Labute approximate surface area is 110 Å². The minimum atomic E-state index is -0.553. The van der Waals surface area contributed by atoms with E-state index in [-0.39, 0.29) is 24.4 Å². The van der Waals surface area contributed by atoms with Crippen molar-refractivity contribution in [1.29, 1.82) is 0 Å². The van der Waals surface area contributed by atoms with Crippen molar-refractivity contribution in [1.82, 2.24) is 10.2 Å². The Kier molecular flexibility index (Phi) is 3.69. The molecule has 1 aliphatic heterocycles. The molecule has 5 nitrogen and oxygen atoms in total. The van der Waals surface area contributed by atoms with Gasteiger partial charge in [0.05, 0.1) is 5.56 Å². The van der Waals surface area contributed by atoms with Crippen molar-refractivity contribution < 1.29 is 14.0 Å². The van der Waals surface area contributed by atoms with Crippen molar-refractivity contribution in [3.8, 4) is 0 Å². The third kappa shape index (κ3) is 2.83. The van der Waals surface area contributed by atoms with Gasteiger partial charge in [0.2, 0.25) is 5.91 Å². The summed E-state index contributed by atoms with van der Waals surface area (Å²) in [6.45, 7) is 2.61. The van der Waals surface area contributed by atoms with Crippen molar-refractivity contribution in [2.75, 3.05) is 25.4 Å². The largest absolute Gasteiger partial charge is 0.399 e. The van der Waals surface area contributed by atoms with Gasteiger partial charge in [-0.3, -0.25) is 9.59 Å². The second-order valence-corrected chi connectivity index (χ2v) is 4.59. The summed E-state index contributed by atoms with van der Waals surface area (Å²) < 4.78 is 14.0. The van der Waals surface area contributed by atoms with Crippen molar-refractivity contribution in [3.05, 3.63) is 29.1 Å². The highest BCUT2D eigenvalue weighted by molar-refractivity contribution is 5.96. The number of nitrogen functional groups attached to an aromatic ring is 1. The Hall–Kier alpha value is -2.11. The number of carbonyl (C=O) groups is 2. The molecule has 0 radical (unpaired) electrons. The Morgan fingerprint density at radius 3 is 2.89 bits per heavy atom. The molecule has 2 rings (SSSR count). The highest BCUT2D eigenvalue weighted by atomic mass is 19.1. The number of nitrogens with one attached hydrogen (secondary N) is 1. The summed E-state index contributed by atoms with van der Waals surface area (Å²) >= 11 is 0. The van der Waals surface area contributed by atoms with Gasteiger partial charge in [0.25, 0.3) is 5.91 Å². The monoisotopic (exact) mass is 265 g/mol. The minimum Gasteiger partial charge on any atom is -0.399 e. The molecule has 3 N–H and O–H groups in total. The zero-order valence-electron chi connectivity index (χ0n) is 10.7. The van der Waals surface area contributed by atoms with E-state index in [0.29, 0.717) is 24.3 Å². The Morgan fingerprint density at radius 2 is 2.16 bits per heavy atom. The molecule has 2 amide bonds. The van der Waals surface area contributed by atoms with Crippen molar-refractivity contribution in [2.45, 2.75) is 13.3 Å². The third-order valence-electron chi connectivity index (χ3n) is 3.11. The molecule has 1 aliphatic rings. The van der Waals surface area contributed by atoms with Crippen molar-refractivity contribution in [2.24, 2.45) is 0 Å². The predicted molar refractivity (Wildman–Crippen MR) is 69.1 cm³/mol. The van der Waals surface area contributed by atoms with E-state index in [1.165, 1.54) is 17.0 Å². The number of hydrogen-bond donors (Lipinski definition) is 2. The summed E-state index contributed by atoms with van der Waals surface area (Å²) in [6.07, 6.45) is 0.231. The van der Waals surface area contributed by atoms with Gasteiger partial charge < -0.3 is 16.0 Å². The van der Waals surface area contributed by atoms with Crippen LogP contribution in [0.3, 0.4) is 0 Å². The fourth-order valence-electron chi connectivity index (χ4n) is 2.09. The summed E-state index contributed by atoms with van der Waals surface area (Å²) in [7, 11) is 0. The number of halogens is 1. The van der Waals surface area contributed by atoms with E-state index in [9.17, 15) is 14.0 Å². The molecule has 0 unspecified atom stereocenters. The average molecular weight is 265 g/mol. The molecule has 1 aromatic rings. The predicted octanol–water partition coefficient (Wildman–Crippen LogP) is 0.678. The standard InChI is InChI=1S/C13H16FN3O2/c1-8-6-9(15)7-10(12(8)14)13(19)17-4-2-11(18)16-3-5-17/h6-7H,2-5,15H2,1H3,(H,16,18). The van der Waals surface area contributed by atoms with Crippen LogP contribution >= 0.6 is 0 Å². The molecule has 0 saturated carbocycles. The van der Waals surface area contributed by atoms with E-state index in [1.54, 1.807) is 6.92 Å². The van der Waals surface area contributed by atoms with E-state index < -0.39 is 11.7 Å². The average Bonchev–Trinajstić information content (AvgIpc) is 2.58. The lowest BCUT2D eigenvalue weighted by Gasteiger charge is -2.20. The van der Waals surface area contributed by atoms with Crippen LogP contribution in [0.5, 0.6) is 0 Å². The van der Waals surface area contributed by atoms with Gasteiger partial charge in [-0.2, -0.15) is 0 Å². The number of hydrogen-bond acceptors (Lipinski definition) is 3. The van der Waals surface area contributed by atoms with Crippen LogP contribution in [-0.4, -0.2) is 36.3 Å². The van der Waals surface area contributed by atoms with Crippen LogP contribution in [0.1, 0.15) is 22.3 Å². The normalized spacial score (nSPS) is 15.9. The van der Waals surface area contributed by atoms with Crippen LogP contribution in [0.15, 0.2) is 12.1 Å². The zero-order chi connectivity index (χ0) is 14.0. The maximum absolute atomic E-state index is 14.0. The first kappa shape index (κ1) is 13.3. The van der Waals surface area contributed by atoms with Gasteiger partial charge in [0.15, 0.2) is 0 Å². The lowest BCUT2D eigenvalue weighted by Crippen LogP contribution is -2.34. The number of benzene rings is 1. The van der Waals surface area contributed by atoms with Crippen molar-refractivity contribution in [3.63, 3.8) is 0 Å². The van der Waals surface area contributed by atoms with Crippen LogP contribution in [0.25, 0.3) is 0 Å². The van der Waals surface area contributed by atoms with Crippen LogP contribution in [0, 0.1) is 12.7 Å². The molecule has 0 spiro atoms. The van der Waals surface area contributed by atoms with Gasteiger partial charge in [-0.05, 0) is 24.6 Å². The molecule has 0 bridgehead atoms. The maximum atomic E-state index is 14.0. The molecule has 19 heavy (non-hydrogen) atoms. The van der Waals surface area contributed by atoms with Gasteiger partial charge in [-0.15, -0.1) is 0 Å². The van der Waals surface area contributed by atoms with E-state index in [0.717, 1.165) is 0 Å². The number of rotatable bonds is 1. The number of nitrogens with two attached hydrogens (primary N) is 1. The molecule has 1 saturated heterocycles. The zero-order valence-corrected chi connectivity index (χ0v) is 10.7. The molecule has 1 aromatic carbocycles. The second kappa shape index (κ2) is 5.26. The Morgan fingerprint density at radius 1 is 1.42 bits per heavy atom. The first-order valence-electron chi connectivity index (χ1n) is 6.10. The molecule has 102 valence electrons. The van der Waals surface area contributed by atoms with Crippen molar-refractivity contribution >= 4 is 17.5 Å². The van der Waals surface area contributed by atoms with E-state index in [2.05, 4.69) is 5.32 Å². The molecule has 0 aliphatic carbocycles. The fourth-order valence-corrected chi connectivity index (χ4v) is 2.09. The first-order chi connectivity index (χ1) is 8.99. The third-order valence-corrected chi connectivity index (χ3v) is 3.11. The molecule has 6 heteroatoms. The number of aryl methyl sites for hydroxylation is 1. The summed E-state index contributed by atoms with van der Waals surface area (Å²) in [4.78, 5) is 25.0. The Bertz CT molecular complexity index is 531. The highest BCUT2D eigenvalue weighted by Crippen LogP contribution is 2.19. The molecule has 1 heterocycles. The molecule has 0 aromatic heterocycles. The number of nitrogens with zero attached hydrogens (tertiary/aromatic N) is 1. The lowest BCUT2D eigenvalue weighted by atomic mass is 10.1. The molecule has 1 fully saturated rings. The number of carbonyl (C=O) groups excluding carboxylic acids is 2. The smallest absolute Gasteiger partial charge is 0.256 e. The summed E-state index contributed by atoms with van der Waals surface area (Å²) in [5.41, 5.74) is 6.30. The topological polar surface area (TPSA) is 75.4 Å². The second-order valence-electron chi connectivity index (χ2n) is 4.59. The summed E-state index contributed by atoms with van der Waals surface area (Å²) in [6, 6.07) is 2.82. The highest BCUT2D eigenvalue weighted by Gasteiger charge is 2.23. The van der Waals surface area contributed by atoms with Gasteiger partial charge in [-0.25, -0.2) is 4.39 Å².